The number of rotatable bonds is 4. The van der Waals surface area contributed by atoms with E-state index >= 15 is 0 Å². The van der Waals surface area contributed by atoms with Gasteiger partial charge in [-0.3, -0.25) is 0 Å². The summed E-state index contributed by atoms with van der Waals surface area (Å²) in [6.07, 6.45) is 0. The van der Waals surface area contributed by atoms with Gasteiger partial charge in [0.05, 0.1) is 18.0 Å². The molecule has 0 fully saturated rings. The summed E-state index contributed by atoms with van der Waals surface area (Å²) in [7, 11) is 3.43. The number of nitrogens with one attached hydrogen (secondary N) is 1. The Balaban J connectivity index is 2.48. The van der Waals surface area contributed by atoms with E-state index in [1.165, 1.54) is 12.1 Å². The fourth-order valence-corrected chi connectivity index (χ4v) is 3.07. The van der Waals surface area contributed by atoms with Crippen LogP contribution in [0.5, 0.6) is 5.75 Å². The predicted octanol–water partition coefficient (Wildman–Crippen LogP) is 3.86. The molecule has 0 saturated heterocycles. The van der Waals surface area contributed by atoms with Crippen molar-refractivity contribution in [3.63, 3.8) is 0 Å². The Bertz CT molecular complexity index is 544. The van der Waals surface area contributed by atoms with Gasteiger partial charge in [0, 0.05) is 5.02 Å². The van der Waals surface area contributed by atoms with Crippen LogP contribution in [0.25, 0.3) is 0 Å². The third-order valence-corrected chi connectivity index (χ3v) is 4.00. The van der Waals surface area contributed by atoms with Crippen LogP contribution in [0.1, 0.15) is 16.5 Å². The van der Waals surface area contributed by atoms with E-state index in [0.717, 1.165) is 10.6 Å². The van der Waals surface area contributed by atoms with Gasteiger partial charge in [-0.15, -0.1) is 11.3 Å². The van der Waals surface area contributed by atoms with E-state index in [1.807, 2.05) is 18.5 Å². The van der Waals surface area contributed by atoms with Crippen LogP contribution in [-0.2, 0) is 0 Å². The van der Waals surface area contributed by atoms with Crippen molar-refractivity contribution < 1.29 is 9.13 Å². The smallest absolute Gasteiger partial charge is 0.134 e. The van der Waals surface area contributed by atoms with E-state index in [0.29, 0.717) is 10.6 Å². The van der Waals surface area contributed by atoms with E-state index in [-0.39, 0.29) is 11.9 Å². The van der Waals surface area contributed by atoms with Gasteiger partial charge in [-0.25, -0.2) is 4.39 Å². The molecule has 0 radical (unpaired) electrons. The van der Waals surface area contributed by atoms with E-state index in [1.54, 1.807) is 24.5 Å². The number of thiophene rings is 1. The highest BCUT2D eigenvalue weighted by molar-refractivity contribution is 7.10. The van der Waals surface area contributed by atoms with Crippen molar-refractivity contribution in [2.45, 2.75) is 6.04 Å². The number of benzene rings is 1. The molecule has 0 aliphatic rings. The average Bonchev–Trinajstić information content (AvgIpc) is 2.83. The molecule has 2 aromatic rings. The van der Waals surface area contributed by atoms with Crippen LogP contribution >= 0.6 is 22.9 Å². The number of methoxy groups -OCH3 is 1. The quantitative estimate of drug-likeness (QED) is 0.921. The monoisotopic (exact) mass is 285 g/mol. The standard InChI is InChI=1S/C13H13ClFNOS/c1-16-12(13-11(17-2)5-6-18-13)9-7-8(15)3-4-10(9)14/h3-7,12,16H,1-2H3. The highest BCUT2D eigenvalue weighted by Crippen LogP contribution is 2.37. The largest absolute Gasteiger partial charge is 0.496 e. The normalized spacial score (nSPS) is 12.4. The lowest BCUT2D eigenvalue weighted by atomic mass is 10.0. The Kier molecular flexibility index (Phi) is 4.22. The van der Waals surface area contributed by atoms with Crippen molar-refractivity contribution in [1.29, 1.82) is 0 Å². The van der Waals surface area contributed by atoms with Crippen LogP contribution in [0.3, 0.4) is 0 Å². The first-order valence-electron chi connectivity index (χ1n) is 5.41. The Labute approximate surface area is 114 Å². The zero-order valence-corrected chi connectivity index (χ0v) is 11.6. The van der Waals surface area contributed by atoms with Crippen LogP contribution in [-0.4, -0.2) is 14.2 Å². The maximum absolute atomic E-state index is 13.4. The van der Waals surface area contributed by atoms with Gasteiger partial charge in [0.15, 0.2) is 0 Å². The lowest BCUT2D eigenvalue weighted by Gasteiger charge is -2.18. The third-order valence-electron chi connectivity index (χ3n) is 2.70. The average molecular weight is 286 g/mol. The molecule has 1 unspecified atom stereocenters. The van der Waals surface area contributed by atoms with Crippen LogP contribution in [0.2, 0.25) is 5.02 Å². The summed E-state index contributed by atoms with van der Waals surface area (Å²) < 4.78 is 18.6. The molecule has 0 aliphatic heterocycles. The number of halogens is 2. The Hall–Kier alpha value is -1.10. The zero-order valence-electron chi connectivity index (χ0n) is 10.0. The molecule has 1 aromatic carbocycles. The van der Waals surface area contributed by atoms with Crippen molar-refractivity contribution in [1.82, 2.24) is 5.32 Å². The van der Waals surface area contributed by atoms with Gasteiger partial charge in [-0.05, 0) is 42.3 Å². The fourth-order valence-electron chi connectivity index (χ4n) is 1.85. The highest BCUT2D eigenvalue weighted by Gasteiger charge is 2.20. The second-order valence-corrected chi connectivity index (χ2v) is 5.10. The minimum absolute atomic E-state index is 0.178. The molecule has 1 heterocycles. The molecule has 0 spiro atoms. The fraction of sp³-hybridized carbons (Fsp3) is 0.231. The number of ether oxygens (including phenoxy) is 1. The molecule has 18 heavy (non-hydrogen) atoms. The Morgan fingerprint density at radius 1 is 1.39 bits per heavy atom. The van der Waals surface area contributed by atoms with Crippen LogP contribution < -0.4 is 10.1 Å². The Morgan fingerprint density at radius 3 is 2.83 bits per heavy atom. The summed E-state index contributed by atoms with van der Waals surface area (Å²) in [5.41, 5.74) is 0.708. The van der Waals surface area contributed by atoms with Crippen molar-refractivity contribution in [2.75, 3.05) is 14.2 Å². The molecule has 0 saturated carbocycles. The SMILES string of the molecule is CNC(c1cc(F)ccc1Cl)c1sccc1OC. The zero-order chi connectivity index (χ0) is 13.1. The maximum atomic E-state index is 13.4. The molecule has 5 heteroatoms. The molecule has 0 amide bonds. The molecule has 1 N–H and O–H groups in total. The minimum atomic E-state index is -0.301. The third kappa shape index (κ3) is 2.51. The van der Waals surface area contributed by atoms with Crippen LogP contribution in [0, 0.1) is 5.82 Å². The second kappa shape index (κ2) is 5.69. The predicted molar refractivity (Wildman–Crippen MR) is 73.2 cm³/mol. The van der Waals surface area contributed by atoms with E-state index in [2.05, 4.69) is 5.32 Å². The minimum Gasteiger partial charge on any atom is -0.496 e. The molecule has 1 aromatic heterocycles. The van der Waals surface area contributed by atoms with Crippen LogP contribution in [0.15, 0.2) is 29.6 Å². The first-order chi connectivity index (χ1) is 8.67. The molecule has 96 valence electrons. The van der Waals surface area contributed by atoms with Gasteiger partial charge in [0.25, 0.3) is 0 Å². The first-order valence-corrected chi connectivity index (χ1v) is 6.66. The molecular formula is C13H13ClFNOS. The van der Waals surface area contributed by atoms with Gasteiger partial charge in [0.1, 0.15) is 11.6 Å². The van der Waals surface area contributed by atoms with Crippen molar-refractivity contribution in [3.05, 3.63) is 50.9 Å². The number of hydrogen-bond acceptors (Lipinski definition) is 3. The molecule has 2 nitrogen and oxygen atoms in total. The van der Waals surface area contributed by atoms with Gasteiger partial charge in [0.2, 0.25) is 0 Å². The summed E-state index contributed by atoms with van der Waals surface area (Å²) in [4.78, 5) is 0.979. The molecular weight excluding hydrogens is 273 g/mol. The van der Waals surface area contributed by atoms with Gasteiger partial charge in [-0.2, -0.15) is 0 Å². The van der Waals surface area contributed by atoms with Gasteiger partial charge in [-0.1, -0.05) is 11.6 Å². The van der Waals surface area contributed by atoms with E-state index < -0.39 is 0 Å². The molecule has 0 bridgehead atoms. The summed E-state index contributed by atoms with van der Waals surface area (Å²) in [6.45, 7) is 0. The van der Waals surface area contributed by atoms with E-state index in [9.17, 15) is 4.39 Å². The molecule has 0 aliphatic carbocycles. The van der Waals surface area contributed by atoms with Gasteiger partial charge >= 0.3 is 0 Å². The topological polar surface area (TPSA) is 21.3 Å². The first kappa shape index (κ1) is 13.3. The van der Waals surface area contributed by atoms with Gasteiger partial charge < -0.3 is 10.1 Å². The van der Waals surface area contributed by atoms with Crippen LogP contribution in [0.4, 0.5) is 4.39 Å². The summed E-state index contributed by atoms with van der Waals surface area (Å²) in [5, 5.41) is 5.61. The van der Waals surface area contributed by atoms with Crippen molar-refractivity contribution in [3.8, 4) is 5.75 Å². The molecule has 1 atom stereocenters. The van der Waals surface area contributed by atoms with E-state index in [4.69, 9.17) is 16.3 Å². The highest BCUT2D eigenvalue weighted by atomic mass is 35.5. The Morgan fingerprint density at radius 2 is 2.17 bits per heavy atom. The summed E-state index contributed by atoms with van der Waals surface area (Å²) in [5.74, 6) is 0.477. The maximum Gasteiger partial charge on any atom is 0.134 e. The number of hydrogen-bond donors (Lipinski definition) is 1. The lowest BCUT2D eigenvalue weighted by molar-refractivity contribution is 0.408. The summed E-state index contributed by atoms with van der Waals surface area (Å²) >= 11 is 7.69. The lowest BCUT2D eigenvalue weighted by Crippen LogP contribution is -2.17. The second-order valence-electron chi connectivity index (χ2n) is 3.74. The van der Waals surface area contributed by atoms with Crippen molar-refractivity contribution in [2.24, 2.45) is 0 Å². The molecule has 2 rings (SSSR count). The van der Waals surface area contributed by atoms with Crippen molar-refractivity contribution >= 4 is 22.9 Å². The summed E-state index contributed by atoms with van der Waals surface area (Å²) in [6, 6.07) is 6.07.